The van der Waals surface area contributed by atoms with Crippen LogP contribution in [0.5, 0.6) is 0 Å². The molecule has 0 aliphatic rings. The normalized spacial score (nSPS) is 11.5. The van der Waals surface area contributed by atoms with E-state index in [0.29, 0.717) is 0 Å². The van der Waals surface area contributed by atoms with Crippen LogP contribution in [0.25, 0.3) is 69.9 Å². The summed E-state index contributed by atoms with van der Waals surface area (Å²) >= 11 is 1.86. The topological polar surface area (TPSA) is 8.17 Å². The van der Waals surface area contributed by atoms with E-state index in [1.165, 1.54) is 64.2 Å². The number of thiophene rings is 1. The maximum atomic E-state index is 2.47. The Hall–Kier alpha value is -6.42. The number of para-hydroxylation sites is 4. The second kappa shape index (κ2) is 12.2. The fraction of sp³-hybridized carbons (Fsp3) is 0. The maximum Gasteiger partial charge on any atom is 0.0619 e. The first-order valence-corrected chi connectivity index (χ1v) is 18.2. The van der Waals surface area contributed by atoms with Crippen molar-refractivity contribution >= 4 is 70.4 Å². The van der Waals surface area contributed by atoms with Crippen molar-refractivity contribution in [3.8, 4) is 27.9 Å². The average molecular weight is 669 g/mol. The Bertz CT molecular complexity index is 2850. The zero-order chi connectivity index (χ0) is 33.7. The van der Waals surface area contributed by atoms with Gasteiger partial charge in [0, 0.05) is 59.1 Å². The zero-order valence-corrected chi connectivity index (χ0v) is 28.6. The average Bonchev–Trinajstić information content (AvgIpc) is 3.75. The molecule has 0 unspecified atom stereocenters. The molecular formula is C48H32N2S. The number of fused-ring (bicyclic) bond motifs is 6. The van der Waals surface area contributed by atoms with Gasteiger partial charge >= 0.3 is 0 Å². The van der Waals surface area contributed by atoms with E-state index in [2.05, 4.69) is 204 Å². The molecule has 0 aliphatic carbocycles. The number of hydrogen-bond donors (Lipinski definition) is 0. The van der Waals surface area contributed by atoms with Gasteiger partial charge in [0.25, 0.3) is 0 Å². The number of hydrogen-bond acceptors (Lipinski definition) is 2. The molecule has 0 saturated heterocycles. The van der Waals surface area contributed by atoms with E-state index in [-0.39, 0.29) is 0 Å². The summed E-state index contributed by atoms with van der Waals surface area (Å²) in [5.74, 6) is 0. The summed E-state index contributed by atoms with van der Waals surface area (Å²) in [4.78, 5) is 2.36. The molecule has 240 valence electrons. The summed E-state index contributed by atoms with van der Waals surface area (Å²) in [6.07, 6.45) is 0. The first-order valence-electron chi connectivity index (χ1n) is 17.4. The van der Waals surface area contributed by atoms with Gasteiger partial charge in [-0.3, -0.25) is 0 Å². The molecule has 0 amide bonds. The molecule has 3 heteroatoms. The van der Waals surface area contributed by atoms with Gasteiger partial charge in [-0.1, -0.05) is 140 Å². The Morgan fingerprint density at radius 1 is 0.373 bits per heavy atom. The second-order valence-electron chi connectivity index (χ2n) is 12.9. The summed E-state index contributed by atoms with van der Waals surface area (Å²) in [6, 6.07) is 70.3. The number of rotatable bonds is 6. The standard InChI is InChI=1S/C48H32N2S/c1-3-14-33(15-4-1)39-21-13-22-43-40-19-8-11-24-45(40)50(48(39)43)44-23-10-7-18-38(44)34-26-28-36(29-27-34)49(35-16-5-2-6-17-35)37-30-31-42-41-20-9-12-25-46(41)51-47(42)32-37/h1-32H. The third kappa shape index (κ3) is 4.93. The predicted octanol–water partition coefficient (Wildman–Crippen LogP) is 14.0. The molecule has 2 heterocycles. The van der Waals surface area contributed by atoms with E-state index in [0.717, 1.165) is 22.7 Å². The zero-order valence-electron chi connectivity index (χ0n) is 27.8. The van der Waals surface area contributed by atoms with Crippen molar-refractivity contribution in [2.75, 3.05) is 4.90 Å². The SMILES string of the molecule is c1ccc(-c2cccc3c4ccccc4n(-c4ccccc4-c4ccc(N(c5ccccc5)c5ccc6c(c5)sc5ccccc56)cc4)c23)cc1. The Balaban J connectivity index is 1.12. The van der Waals surface area contributed by atoms with Gasteiger partial charge < -0.3 is 9.47 Å². The monoisotopic (exact) mass is 668 g/mol. The number of anilines is 3. The van der Waals surface area contributed by atoms with Crippen LogP contribution in [-0.4, -0.2) is 4.57 Å². The third-order valence-corrected chi connectivity index (χ3v) is 11.1. The highest BCUT2D eigenvalue weighted by Gasteiger charge is 2.19. The van der Waals surface area contributed by atoms with E-state index in [1.54, 1.807) is 0 Å². The molecule has 0 aliphatic heterocycles. The summed E-state index contributed by atoms with van der Waals surface area (Å²) < 4.78 is 5.08. The number of aromatic nitrogens is 1. The molecule has 8 aromatic carbocycles. The summed E-state index contributed by atoms with van der Waals surface area (Å²) in [5, 5.41) is 5.13. The van der Waals surface area contributed by atoms with Gasteiger partial charge in [-0.25, -0.2) is 0 Å². The summed E-state index contributed by atoms with van der Waals surface area (Å²) in [6.45, 7) is 0. The number of benzene rings is 8. The van der Waals surface area contributed by atoms with Gasteiger partial charge in [-0.15, -0.1) is 11.3 Å². The van der Waals surface area contributed by atoms with Crippen LogP contribution in [0.2, 0.25) is 0 Å². The van der Waals surface area contributed by atoms with Crippen LogP contribution >= 0.6 is 11.3 Å². The smallest absolute Gasteiger partial charge is 0.0619 e. The Morgan fingerprint density at radius 3 is 1.80 bits per heavy atom. The minimum Gasteiger partial charge on any atom is -0.310 e. The lowest BCUT2D eigenvalue weighted by Crippen LogP contribution is -2.09. The largest absolute Gasteiger partial charge is 0.310 e. The van der Waals surface area contributed by atoms with Crippen LogP contribution in [0.3, 0.4) is 0 Å². The van der Waals surface area contributed by atoms with Gasteiger partial charge in [0.05, 0.1) is 16.7 Å². The van der Waals surface area contributed by atoms with Crippen molar-refractivity contribution in [2.45, 2.75) is 0 Å². The predicted molar refractivity (Wildman–Crippen MR) is 219 cm³/mol. The van der Waals surface area contributed by atoms with E-state index in [9.17, 15) is 0 Å². The lowest BCUT2D eigenvalue weighted by atomic mass is 10.0. The molecule has 0 saturated carbocycles. The van der Waals surface area contributed by atoms with Crippen LogP contribution in [0.15, 0.2) is 194 Å². The van der Waals surface area contributed by atoms with Gasteiger partial charge in [0.15, 0.2) is 0 Å². The first kappa shape index (κ1) is 29.5. The van der Waals surface area contributed by atoms with Crippen molar-refractivity contribution in [3.05, 3.63) is 194 Å². The van der Waals surface area contributed by atoms with E-state index < -0.39 is 0 Å². The van der Waals surface area contributed by atoms with Gasteiger partial charge in [-0.2, -0.15) is 0 Å². The fourth-order valence-electron chi connectivity index (χ4n) is 7.70. The Morgan fingerprint density at radius 2 is 0.961 bits per heavy atom. The lowest BCUT2D eigenvalue weighted by Gasteiger charge is -2.26. The van der Waals surface area contributed by atoms with Crippen molar-refractivity contribution in [3.63, 3.8) is 0 Å². The maximum absolute atomic E-state index is 2.47. The van der Waals surface area contributed by atoms with Gasteiger partial charge in [0.1, 0.15) is 0 Å². The summed E-state index contributed by atoms with van der Waals surface area (Å²) in [5.41, 5.74) is 11.8. The van der Waals surface area contributed by atoms with Crippen molar-refractivity contribution in [1.82, 2.24) is 4.57 Å². The molecule has 0 atom stereocenters. The van der Waals surface area contributed by atoms with E-state index in [4.69, 9.17) is 0 Å². The van der Waals surface area contributed by atoms with Crippen LogP contribution < -0.4 is 4.90 Å². The molecule has 2 nitrogen and oxygen atoms in total. The van der Waals surface area contributed by atoms with Crippen LogP contribution in [0.1, 0.15) is 0 Å². The molecule has 2 aromatic heterocycles. The van der Waals surface area contributed by atoms with Crippen LogP contribution in [0.4, 0.5) is 17.1 Å². The quantitative estimate of drug-likeness (QED) is 0.171. The molecule has 10 aromatic rings. The van der Waals surface area contributed by atoms with Gasteiger partial charge in [-0.05, 0) is 65.7 Å². The second-order valence-corrected chi connectivity index (χ2v) is 14.0. The molecule has 0 spiro atoms. The molecular weight excluding hydrogens is 637 g/mol. The highest BCUT2D eigenvalue weighted by atomic mass is 32.1. The summed E-state index contributed by atoms with van der Waals surface area (Å²) in [7, 11) is 0. The van der Waals surface area contributed by atoms with Crippen molar-refractivity contribution in [2.24, 2.45) is 0 Å². The van der Waals surface area contributed by atoms with Crippen LogP contribution in [0, 0.1) is 0 Å². The van der Waals surface area contributed by atoms with Gasteiger partial charge in [0.2, 0.25) is 0 Å². The molecule has 0 radical (unpaired) electrons. The molecule has 51 heavy (non-hydrogen) atoms. The Labute approximate surface area is 300 Å². The minimum absolute atomic E-state index is 1.12. The minimum atomic E-state index is 1.12. The van der Waals surface area contributed by atoms with Crippen molar-refractivity contribution < 1.29 is 0 Å². The van der Waals surface area contributed by atoms with E-state index in [1.807, 2.05) is 11.3 Å². The molecule has 0 bridgehead atoms. The highest BCUT2D eigenvalue weighted by Crippen LogP contribution is 2.43. The van der Waals surface area contributed by atoms with E-state index >= 15 is 0 Å². The first-order chi connectivity index (χ1) is 25.3. The molecule has 10 rings (SSSR count). The lowest BCUT2D eigenvalue weighted by molar-refractivity contribution is 1.18. The highest BCUT2D eigenvalue weighted by molar-refractivity contribution is 7.25. The fourth-order valence-corrected chi connectivity index (χ4v) is 8.84. The molecule has 0 N–H and O–H groups in total. The molecule has 0 fully saturated rings. The van der Waals surface area contributed by atoms with Crippen LogP contribution in [-0.2, 0) is 0 Å². The Kier molecular flexibility index (Phi) is 7.04. The third-order valence-electron chi connectivity index (χ3n) is 10.00. The van der Waals surface area contributed by atoms with Crippen molar-refractivity contribution in [1.29, 1.82) is 0 Å². The number of nitrogens with zero attached hydrogens (tertiary/aromatic N) is 2.